The standard InChI is InChI=1S/C21H26N4O3.HI/c1-22-21(23-12-15-7-8-19-20(11-15)28-14-27-19)24-16-9-10-25(13-16)17-5-3-4-6-18(17)26-2;/h3-8,11,16H,9-10,12-14H2,1-2H3,(H2,22,23,24);1H. The van der Waals surface area contributed by atoms with E-state index in [0.717, 1.165) is 54.0 Å². The zero-order valence-electron chi connectivity index (χ0n) is 16.7. The van der Waals surface area contributed by atoms with Crippen LogP contribution in [0, 0.1) is 0 Å². The number of benzene rings is 2. The molecule has 0 aliphatic carbocycles. The molecule has 29 heavy (non-hydrogen) atoms. The van der Waals surface area contributed by atoms with Gasteiger partial charge in [0.2, 0.25) is 6.79 Å². The van der Waals surface area contributed by atoms with Crippen molar-refractivity contribution in [2.45, 2.75) is 19.0 Å². The summed E-state index contributed by atoms with van der Waals surface area (Å²) in [6.45, 7) is 2.85. The van der Waals surface area contributed by atoms with E-state index in [-0.39, 0.29) is 24.0 Å². The van der Waals surface area contributed by atoms with E-state index in [4.69, 9.17) is 14.2 Å². The van der Waals surface area contributed by atoms with Gasteiger partial charge in [-0.1, -0.05) is 18.2 Å². The maximum absolute atomic E-state index is 5.50. The van der Waals surface area contributed by atoms with E-state index < -0.39 is 0 Å². The summed E-state index contributed by atoms with van der Waals surface area (Å²) >= 11 is 0. The second-order valence-corrected chi connectivity index (χ2v) is 6.86. The number of hydrogen-bond donors (Lipinski definition) is 2. The molecule has 0 aromatic heterocycles. The highest BCUT2D eigenvalue weighted by Gasteiger charge is 2.25. The number of para-hydroxylation sites is 2. The van der Waals surface area contributed by atoms with Crippen LogP contribution in [0.2, 0.25) is 0 Å². The third-order valence-corrected chi connectivity index (χ3v) is 5.08. The van der Waals surface area contributed by atoms with Crippen molar-refractivity contribution < 1.29 is 14.2 Å². The minimum atomic E-state index is 0. The van der Waals surface area contributed by atoms with Crippen LogP contribution in [0.1, 0.15) is 12.0 Å². The zero-order valence-corrected chi connectivity index (χ0v) is 19.0. The number of methoxy groups -OCH3 is 1. The van der Waals surface area contributed by atoms with Crippen molar-refractivity contribution in [2.24, 2.45) is 4.99 Å². The molecule has 7 nitrogen and oxygen atoms in total. The number of ether oxygens (including phenoxy) is 3. The van der Waals surface area contributed by atoms with Crippen LogP contribution >= 0.6 is 24.0 Å². The smallest absolute Gasteiger partial charge is 0.231 e. The number of rotatable bonds is 5. The van der Waals surface area contributed by atoms with Gasteiger partial charge in [-0.05, 0) is 36.2 Å². The van der Waals surface area contributed by atoms with E-state index in [1.165, 1.54) is 0 Å². The Balaban J connectivity index is 0.00000240. The molecule has 4 rings (SSSR count). The fraction of sp³-hybridized carbons (Fsp3) is 0.381. The molecule has 0 spiro atoms. The van der Waals surface area contributed by atoms with Gasteiger partial charge >= 0.3 is 0 Å². The molecular formula is C21H27IN4O3. The molecule has 1 atom stereocenters. The van der Waals surface area contributed by atoms with E-state index in [2.05, 4.69) is 26.6 Å². The number of fused-ring (bicyclic) bond motifs is 1. The third kappa shape index (κ3) is 4.98. The largest absolute Gasteiger partial charge is 0.495 e. The summed E-state index contributed by atoms with van der Waals surface area (Å²) in [5, 5.41) is 6.91. The number of halogens is 1. The maximum atomic E-state index is 5.50. The number of anilines is 1. The Labute approximate surface area is 188 Å². The van der Waals surface area contributed by atoms with Gasteiger partial charge in [-0.3, -0.25) is 4.99 Å². The lowest BCUT2D eigenvalue weighted by Crippen LogP contribution is -2.44. The predicted molar refractivity (Wildman–Crippen MR) is 125 cm³/mol. The average Bonchev–Trinajstić information content (AvgIpc) is 3.40. The minimum Gasteiger partial charge on any atom is -0.495 e. The highest BCUT2D eigenvalue weighted by atomic mass is 127. The van der Waals surface area contributed by atoms with Crippen LogP contribution in [-0.2, 0) is 6.54 Å². The van der Waals surface area contributed by atoms with Gasteiger partial charge in [0.15, 0.2) is 17.5 Å². The highest BCUT2D eigenvalue weighted by molar-refractivity contribution is 14.0. The van der Waals surface area contributed by atoms with Gasteiger partial charge < -0.3 is 29.7 Å². The molecule has 2 aliphatic rings. The Hall–Kier alpha value is -2.36. The fourth-order valence-corrected chi connectivity index (χ4v) is 3.61. The van der Waals surface area contributed by atoms with Gasteiger partial charge in [0.05, 0.1) is 12.8 Å². The number of aliphatic imine (C=N–C) groups is 1. The average molecular weight is 510 g/mol. The van der Waals surface area contributed by atoms with E-state index in [1.807, 2.05) is 36.4 Å². The predicted octanol–water partition coefficient (Wildman–Crippen LogP) is 2.99. The topological polar surface area (TPSA) is 67.4 Å². The van der Waals surface area contributed by atoms with Crippen LogP contribution in [0.4, 0.5) is 5.69 Å². The van der Waals surface area contributed by atoms with Gasteiger partial charge in [0, 0.05) is 32.7 Å². The normalized spacial score (nSPS) is 17.7. The van der Waals surface area contributed by atoms with Crippen LogP contribution in [0.3, 0.4) is 0 Å². The molecule has 156 valence electrons. The summed E-state index contributed by atoms with van der Waals surface area (Å²) in [7, 11) is 3.51. The Morgan fingerprint density at radius 3 is 2.86 bits per heavy atom. The molecule has 1 saturated heterocycles. The second-order valence-electron chi connectivity index (χ2n) is 6.86. The van der Waals surface area contributed by atoms with Gasteiger partial charge in [-0.25, -0.2) is 0 Å². The Kier molecular flexibility index (Phi) is 7.29. The van der Waals surface area contributed by atoms with Crippen LogP contribution in [0.25, 0.3) is 0 Å². The van der Waals surface area contributed by atoms with Crippen LogP contribution in [-0.4, -0.2) is 46.0 Å². The summed E-state index contributed by atoms with van der Waals surface area (Å²) in [6.07, 6.45) is 1.04. The SMILES string of the molecule is CN=C(NCc1ccc2c(c1)OCO2)NC1CCN(c2ccccc2OC)C1.I. The number of guanidine groups is 1. The van der Waals surface area contributed by atoms with Crippen LogP contribution < -0.4 is 29.7 Å². The van der Waals surface area contributed by atoms with Gasteiger partial charge in [-0.2, -0.15) is 0 Å². The Morgan fingerprint density at radius 2 is 2.03 bits per heavy atom. The molecule has 0 amide bonds. The Bertz CT molecular complexity index is 862. The summed E-state index contributed by atoms with van der Waals surface area (Å²) < 4.78 is 16.3. The molecule has 2 N–H and O–H groups in total. The fourth-order valence-electron chi connectivity index (χ4n) is 3.61. The zero-order chi connectivity index (χ0) is 19.3. The van der Waals surface area contributed by atoms with Crippen molar-refractivity contribution >= 4 is 35.6 Å². The molecule has 2 aromatic rings. The van der Waals surface area contributed by atoms with Crippen molar-refractivity contribution in [3.63, 3.8) is 0 Å². The lowest BCUT2D eigenvalue weighted by Gasteiger charge is -2.22. The highest BCUT2D eigenvalue weighted by Crippen LogP contribution is 2.32. The van der Waals surface area contributed by atoms with E-state index in [1.54, 1.807) is 14.2 Å². The summed E-state index contributed by atoms with van der Waals surface area (Å²) in [5.74, 6) is 3.30. The summed E-state index contributed by atoms with van der Waals surface area (Å²) in [4.78, 5) is 6.71. The van der Waals surface area contributed by atoms with Crippen molar-refractivity contribution in [3.8, 4) is 17.2 Å². The first-order valence-corrected chi connectivity index (χ1v) is 9.50. The first-order valence-electron chi connectivity index (χ1n) is 9.50. The summed E-state index contributed by atoms with van der Waals surface area (Å²) in [6, 6.07) is 14.5. The number of hydrogen-bond acceptors (Lipinski definition) is 5. The quantitative estimate of drug-likeness (QED) is 0.367. The minimum absolute atomic E-state index is 0. The monoisotopic (exact) mass is 510 g/mol. The molecule has 2 heterocycles. The molecule has 8 heteroatoms. The van der Waals surface area contributed by atoms with E-state index in [9.17, 15) is 0 Å². The van der Waals surface area contributed by atoms with Crippen LogP contribution in [0.5, 0.6) is 17.2 Å². The molecule has 1 fully saturated rings. The molecule has 0 bridgehead atoms. The van der Waals surface area contributed by atoms with Gasteiger partial charge in [0.1, 0.15) is 5.75 Å². The third-order valence-electron chi connectivity index (χ3n) is 5.08. The maximum Gasteiger partial charge on any atom is 0.231 e. The van der Waals surface area contributed by atoms with Crippen molar-refractivity contribution in [1.82, 2.24) is 10.6 Å². The first kappa shape index (κ1) is 21.4. The molecular weight excluding hydrogens is 483 g/mol. The summed E-state index contributed by atoms with van der Waals surface area (Å²) in [5.41, 5.74) is 2.26. The molecule has 2 aromatic carbocycles. The van der Waals surface area contributed by atoms with Gasteiger partial charge in [0.25, 0.3) is 0 Å². The van der Waals surface area contributed by atoms with E-state index >= 15 is 0 Å². The lowest BCUT2D eigenvalue weighted by atomic mass is 10.2. The second kappa shape index (κ2) is 9.91. The van der Waals surface area contributed by atoms with Crippen LogP contribution in [0.15, 0.2) is 47.5 Å². The Morgan fingerprint density at radius 1 is 1.21 bits per heavy atom. The van der Waals surface area contributed by atoms with Crippen molar-refractivity contribution in [3.05, 3.63) is 48.0 Å². The molecule has 0 saturated carbocycles. The molecule has 1 unspecified atom stereocenters. The van der Waals surface area contributed by atoms with Gasteiger partial charge in [-0.15, -0.1) is 24.0 Å². The molecule has 2 aliphatic heterocycles. The first-order chi connectivity index (χ1) is 13.8. The van der Waals surface area contributed by atoms with Crippen molar-refractivity contribution in [2.75, 3.05) is 38.9 Å². The van der Waals surface area contributed by atoms with E-state index in [0.29, 0.717) is 19.4 Å². The number of nitrogens with zero attached hydrogens (tertiary/aromatic N) is 2. The number of nitrogens with one attached hydrogen (secondary N) is 2. The molecule has 0 radical (unpaired) electrons. The van der Waals surface area contributed by atoms with Crippen molar-refractivity contribution in [1.29, 1.82) is 0 Å². The lowest BCUT2D eigenvalue weighted by molar-refractivity contribution is 0.174.